The summed E-state index contributed by atoms with van der Waals surface area (Å²) in [6, 6.07) is 9.66. The zero-order valence-electron chi connectivity index (χ0n) is 16.4. The van der Waals surface area contributed by atoms with Crippen LogP contribution in [0.5, 0.6) is 5.75 Å². The number of nitriles is 1. The summed E-state index contributed by atoms with van der Waals surface area (Å²) in [6.07, 6.45) is 6.92. The molecule has 5 unspecified atom stereocenters. The molecule has 2 N–H and O–H groups in total. The second kappa shape index (κ2) is 8.47. The third kappa shape index (κ3) is 4.44. The first-order valence-electron chi connectivity index (χ1n) is 9.83. The minimum atomic E-state index is -0.353. The molecule has 0 heterocycles. The first kappa shape index (κ1) is 19.3. The van der Waals surface area contributed by atoms with Crippen LogP contribution in [0.4, 0.5) is 0 Å². The number of amides is 1. The van der Waals surface area contributed by atoms with Gasteiger partial charge in [0.25, 0.3) is 5.91 Å². The van der Waals surface area contributed by atoms with Crippen molar-refractivity contribution in [2.75, 3.05) is 7.11 Å². The lowest BCUT2D eigenvalue weighted by Gasteiger charge is -2.28. The van der Waals surface area contributed by atoms with Gasteiger partial charge in [-0.05, 0) is 68.6 Å². The van der Waals surface area contributed by atoms with Crippen LogP contribution in [-0.2, 0) is 4.79 Å². The van der Waals surface area contributed by atoms with Crippen molar-refractivity contribution >= 4 is 5.91 Å². The van der Waals surface area contributed by atoms with Crippen LogP contribution in [0.25, 0.3) is 0 Å². The van der Waals surface area contributed by atoms with Crippen LogP contribution in [0.2, 0.25) is 0 Å². The molecule has 144 valence electrons. The number of rotatable bonds is 7. The van der Waals surface area contributed by atoms with Gasteiger partial charge in [-0.25, -0.2) is 0 Å². The van der Waals surface area contributed by atoms with Crippen LogP contribution >= 0.6 is 0 Å². The maximum absolute atomic E-state index is 12.5. The Balaban J connectivity index is 1.56. The summed E-state index contributed by atoms with van der Waals surface area (Å²) >= 11 is 0. The van der Waals surface area contributed by atoms with Crippen LogP contribution in [0.3, 0.4) is 0 Å². The average Bonchev–Trinajstić information content (AvgIpc) is 3.32. The van der Waals surface area contributed by atoms with Gasteiger partial charge in [0.2, 0.25) is 0 Å². The quantitative estimate of drug-likeness (QED) is 0.569. The Kier molecular flexibility index (Phi) is 6.05. The number of fused-ring (bicyclic) bond motifs is 2. The van der Waals surface area contributed by atoms with Gasteiger partial charge in [-0.1, -0.05) is 18.6 Å². The minimum Gasteiger partial charge on any atom is -0.497 e. The molecule has 5 atom stereocenters. The summed E-state index contributed by atoms with van der Waals surface area (Å²) in [5, 5.41) is 15.6. The largest absolute Gasteiger partial charge is 0.497 e. The lowest BCUT2D eigenvalue weighted by molar-refractivity contribution is -0.117. The van der Waals surface area contributed by atoms with E-state index in [0.29, 0.717) is 5.92 Å². The van der Waals surface area contributed by atoms with Gasteiger partial charge in [0.1, 0.15) is 17.4 Å². The van der Waals surface area contributed by atoms with Gasteiger partial charge in [-0.15, -0.1) is 0 Å². The second-order valence-electron chi connectivity index (χ2n) is 7.93. The Morgan fingerprint density at radius 2 is 2.00 bits per heavy atom. The summed E-state index contributed by atoms with van der Waals surface area (Å²) in [5.41, 5.74) is 1.08. The maximum atomic E-state index is 12.5. The topological polar surface area (TPSA) is 74.1 Å². The van der Waals surface area contributed by atoms with E-state index in [0.717, 1.165) is 23.1 Å². The first-order chi connectivity index (χ1) is 13.0. The molecular formula is C22H29N3O2. The molecule has 1 aromatic rings. The first-order valence-corrected chi connectivity index (χ1v) is 9.83. The predicted octanol–water partition coefficient (Wildman–Crippen LogP) is 3.69. The fourth-order valence-electron chi connectivity index (χ4n) is 4.64. The fraction of sp³-hybridized carbons (Fsp3) is 0.545. The fourth-order valence-corrected chi connectivity index (χ4v) is 4.64. The molecule has 0 saturated heterocycles. The van der Waals surface area contributed by atoms with E-state index in [1.165, 1.54) is 25.7 Å². The number of nitrogens with one attached hydrogen (secondary N) is 2. The molecule has 1 aromatic carbocycles. The molecule has 0 aromatic heterocycles. The molecule has 3 rings (SSSR count). The highest BCUT2D eigenvalue weighted by Crippen LogP contribution is 2.49. The normalized spacial score (nSPS) is 26.1. The van der Waals surface area contributed by atoms with Crippen LogP contribution < -0.4 is 15.4 Å². The average molecular weight is 367 g/mol. The Bertz CT molecular complexity index is 735. The molecule has 5 heteroatoms. The summed E-state index contributed by atoms with van der Waals surface area (Å²) in [7, 11) is 1.62. The van der Waals surface area contributed by atoms with Gasteiger partial charge in [0.15, 0.2) is 0 Å². The standard InChI is InChI=1S/C22H29N3O2/c1-14(17-6-8-20(27-3)9-7-17)25-22(26)19(12-23)13-24-15(2)21-11-16-4-5-18(21)10-16/h6-9,13-16,18,21,24H,4-5,10-11H2,1-3H3,(H,25,26)/b19-13-. The molecule has 0 spiro atoms. The second-order valence-corrected chi connectivity index (χ2v) is 7.93. The number of nitrogens with zero attached hydrogens (tertiary/aromatic N) is 1. The summed E-state index contributed by atoms with van der Waals surface area (Å²) in [6.45, 7) is 4.06. The molecule has 2 aliphatic rings. The van der Waals surface area contributed by atoms with Crippen molar-refractivity contribution in [2.45, 2.75) is 51.6 Å². The Hall–Kier alpha value is -2.48. The van der Waals surface area contributed by atoms with E-state index in [2.05, 4.69) is 17.6 Å². The molecule has 0 radical (unpaired) electrons. The van der Waals surface area contributed by atoms with E-state index in [1.807, 2.05) is 37.3 Å². The number of benzene rings is 1. The number of hydrogen-bond donors (Lipinski definition) is 2. The number of carbonyl (C=O) groups is 1. The Labute approximate surface area is 161 Å². The monoisotopic (exact) mass is 367 g/mol. The number of methoxy groups -OCH3 is 1. The van der Waals surface area contributed by atoms with Gasteiger partial charge in [-0.2, -0.15) is 5.26 Å². The molecule has 2 fully saturated rings. The van der Waals surface area contributed by atoms with Gasteiger partial charge >= 0.3 is 0 Å². The van der Waals surface area contributed by atoms with E-state index >= 15 is 0 Å². The van der Waals surface area contributed by atoms with Crippen molar-refractivity contribution in [1.29, 1.82) is 5.26 Å². The van der Waals surface area contributed by atoms with Crippen molar-refractivity contribution in [3.05, 3.63) is 41.6 Å². The highest BCUT2D eigenvalue weighted by molar-refractivity contribution is 5.97. The minimum absolute atomic E-state index is 0.116. The summed E-state index contributed by atoms with van der Waals surface area (Å²) < 4.78 is 5.15. The number of hydrogen-bond acceptors (Lipinski definition) is 4. The van der Waals surface area contributed by atoms with Crippen molar-refractivity contribution < 1.29 is 9.53 Å². The predicted molar refractivity (Wildman–Crippen MR) is 105 cm³/mol. The van der Waals surface area contributed by atoms with Gasteiger partial charge in [0, 0.05) is 12.2 Å². The van der Waals surface area contributed by atoms with E-state index in [-0.39, 0.29) is 23.6 Å². The zero-order chi connectivity index (χ0) is 19.4. The van der Waals surface area contributed by atoms with Crippen molar-refractivity contribution in [3.8, 4) is 11.8 Å². The lowest BCUT2D eigenvalue weighted by Crippen LogP contribution is -2.34. The highest BCUT2D eigenvalue weighted by Gasteiger charge is 2.41. The van der Waals surface area contributed by atoms with Crippen LogP contribution in [0, 0.1) is 29.1 Å². The summed E-state index contributed by atoms with van der Waals surface area (Å²) in [4.78, 5) is 12.5. The van der Waals surface area contributed by atoms with Crippen molar-refractivity contribution in [2.24, 2.45) is 17.8 Å². The smallest absolute Gasteiger partial charge is 0.263 e. The zero-order valence-corrected chi connectivity index (χ0v) is 16.4. The van der Waals surface area contributed by atoms with Crippen LogP contribution in [-0.4, -0.2) is 19.1 Å². The van der Waals surface area contributed by atoms with Gasteiger partial charge in [-0.3, -0.25) is 4.79 Å². The van der Waals surface area contributed by atoms with E-state index < -0.39 is 0 Å². The van der Waals surface area contributed by atoms with Crippen molar-refractivity contribution in [3.63, 3.8) is 0 Å². The lowest BCUT2D eigenvalue weighted by atomic mass is 9.84. The molecule has 1 amide bonds. The molecule has 2 aliphatic carbocycles. The Morgan fingerprint density at radius 3 is 2.56 bits per heavy atom. The van der Waals surface area contributed by atoms with Gasteiger partial charge < -0.3 is 15.4 Å². The maximum Gasteiger partial charge on any atom is 0.263 e. The summed E-state index contributed by atoms with van der Waals surface area (Å²) in [5.74, 6) is 2.76. The van der Waals surface area contributed by atoms with E-state index in [4.69, 9.17) is 4.74 Å². The van der Waals surface area contributed by atoms with Crippen LogP contribution in [0.1, 0.15) is 51.1 Å². The van der Waals surface area contributed by atoms with Gasteiger partial charge in [0.05, 0.1) is 13.2 Å². The van der Waals surface area contributed by atoms with Crippen molar-refractivity contribution in [1.82, 2.24) is 10.6 Å². The number of ether oxygens (including phenoxy) is 1. The molecule has 2 bridgehead atoms. The molecule has 0 aliphatic heterocycles. The van der Waals surface area contributed by atoms with E-state index in [1.54, 1.807) is 13.3 Å². The molecule has 27 heavy (non-hydrogen) atoms. The van der Waals surface area contributed by atoms with E-state index in [9.17, 15) is 10.1 Å². The third-order valence-electron chi connectivity index (χ3n) is 6.25. The third-order valence-corrected chi connectivity index (χ3v) is 6.25. The Morgan fingerprint density at radius 1 is 1.26 bits per heavy atom. The SMILES string of the molecule is COc1ccc(C(C)NC(=O)/C(C#N)=C\NC(C)C2CC3CCC2C3)cc1. The van der Waals surface area contributed by atoms with Crippen LogP contribution in [0.15, 0.2) is 36.0 Å². The highest BCUT2D eigenvalue weighted by atomic mass is 16.5. The molecular weight excluding hydrogens is 338 g/mol. The molecule has 5 nitrogen and oxygen atoms in total. The molecule has 2 saturated carbocycles. The number of carbonyl (C=O) groups excluding carboxylic acids is 1.